The average molecular weight is 1780 g/mol. The molecule has 0 saturated carbocycles. The summed E-state index contributed by atoms with van der Waals surface area (Å²) in [6.07, 6.45) is 0. The molecule has 0 aliphatic carbocycles. The van der Waals surface area contributed by atoms with Crippen molar-refractivity contribution < 1.29 is 138 Å². The van der Waals surface area contributed by atoms with Crippen LogP contribution >= 0.6 is 0 Å². The lowest BCUT2D eigenvalue weighted by Gasteiger charge is -2.11. The number of fused-ring (bicyclic) bond motifs is 6. The third-order valence-corrected chi connectivity index (χ3v) is 20.4. The van der Waals surface area contributed by atoms with Gasteiger partial charge in [-0.3, -0.25) is 28.8 Å². The van der Waals surface area contributed by atoms with Crippen molar-refractivity contribution in [3.8, 4) is 166 Å². The summed E-state index contributed by atoms with van der Waals surface area (Å²) in [6.45, 7) is -0.888. The molecule has 0 radical (unpaired) electrons. The number of rotatable bonds is 12. The number of hydrogen-bond donors (Lipinski definition) is 21. The fourth-order valence-corrected chi connectivity index (χ4v) is 13.6. The second-order valence-corrected chi connectivity index (χ2v) is 28.7. The number of aliphatic hydroxyl groups excluding tert-OH is 5. The highest BCUT2D eigenvalue weighted by Gasteiger charge is 2.24. The largest absolute Gasteiger partial charge is 0.508 e. The molecule has 34 nitrogen and oxygen atoms in total. The Balaban J connectivity index is 0.000000134. The number of phenols is 16. The molecule has 0 aliphatic heterocycles. The van der Waals surface area contributed by atoms with Crippen LogP contribution in [0.5, 0.6) is 97.7 Å². The zero-order valence-electron chi connectivity index (χ0n) is 68.1. The van der Waals surface area contributed by atoms with E-state index in [4.69, 9.17) is 36.3 Å². The van der Waals surface area contributed by atoms with Crippen molar-refractivity contribution in [2.75, 3.05) is 7.11 Å². The van der Waals surface area contributed by atoms with E-state index in [1.165, 1.54) is 128 Å². The van der Waals surface area contributed by atoms with E-state index in [0.29, 0.717) is 50.5 Å². The molecule has 0 spiro atoms. The van der Waals surface area contributed by atoms with E-state index in [9.17, 15) is 131 Å². The summed E-state index contributed by atoms with van der Waals surface area (Å²) in [5.74, 6) is -1.93. The highest BCUT2D eigenvalue weighted by molar-refractivity contribution is 5.93. The molecule has 0 atom stereocenters. The molecule has 6 heterocycles. The van der Waals surface area contributed by atoms with Gasteiger partial charge in [0.2, 0.25) is 5.75 Å². The molecule has 21 N–H and O–H groups in total. The normalized spacial score (nSPS) is 10.9. The van der Waals surface area contributed by atoms with Crippen molar-refractivity contribution in [1.29, 1.82) is 0 Å². The summed E-state index contributed by atoms with van der Waals surface area (Å²) in [5.41, 5.74) is 2.09. The molecule has 12 aromatic carbocycles. The van der Waals surface area contributed by atoms with E-state index in [0.717, 1.165) is 18.2 Å². The molecule has 0 aliphatic rings. The van der Waals surface area contributed by atoms with Crippen molar-refractivity contribution >= 4 is 65.8 Å². The fraction of sp³-hybridized carbons (Fsp3) is 0.0722. The minimum atomic E-state index is -0.771. The van der Waals surface area contributed by atoms with Crippen LogP contribution in [0.2, 0.25) is 0 Å². The van der Waals surface area contributed by atoms with Gasteiger partial charge in [0.15, 0.2) is 44.1 Å². The minimum Gasteiger partial charge on any atom is -0.508 e. The van der Waals surface area contributed by atoms with Crippen molar-refractivity contribution in [3.63, 3.8) is 0 Å². The van der Waals surface area contributed by atoms with Crippen molar-refractivity contribution in [2.24, 2.45) is 0 Å². The van der Waals surface area contributed by atoms with Crippen molar-refractivity contribution in [1.82, 2.24) is 0 Å². The van der Waals surface area contributed by atoms with E-state index in [2.05, 4.69) is 0 Å². The molecular formula is C97H74O34. The van der Waals surface area contributed by atoms with Crippen molar-refractivity contribution in [3.05, 3.63) is 319 Å². The minimum absolute atomic E-state index is 0.00257. The third-order valence-electron chi connectivity index (χ3n) is 20.4. The zero-order valence-corrected chi connectivity index (χ0v) is 68.1. The first-order chi connectivity index (χ1) is 62.6. The van der Waals surface area contributed by atoms with Crippen LogP contribution in [0.25, 0.3) is 134 Å². The lowest BCUT2D eigenvalue weighted by molar-refractivity contribution is 0.255. The third kappa shape index (κ3) is 19.3. The summed E-state index contributed by atoms with van der Waals surface area (Å²) in [6, 6.07) is 53.6. The van der Waals surface area contributed by atoms with Gasteiger partial charge in [0.05, 0.1) is 45.7 Å². The molecule has 131 heavy (non-hydrogen) atoms. The maximum atomic E-state index is 12.4. The van der Waals surface area contributed by atoms with Gasteiger partial charge < -0.3 is 138 Å². The molecule has 6 aromatic heterocycles. The smallest absolute Gasteiger partial charge is 0.201 e. The summed E-state index contributed by atoms with van der Waals surface area (Å²) < 4.78 is 38.6. The van der Waals surface area contributed by atoms with E-state index in [-0.39, 0.29) is 191 Å². The summed E-state index contributed by atoms with van der Waals surface area (Å²) >= 11 is 0. The highest BCUT2D eigenvalue weighted by atomic mass is 16.5. The molecule has 0 saturated heterocycles. The quantitative estimate of drug-likeness (QED) is 0.0505. The van der Waals surface area contributed by atoms with Gasteiger partial charge in [-0.1, -0.05) is 0 Å². The van der Waals surface area contributed by atoms with Gasteiger partial charge in [0, 0.05) is 117 Å². The first kappa shape index (κ1) is 91.0. The number of benzene rings is 12. The first-order valence-corrected chi connectivity index (χ1v) is 38.6. The maximum absolute atomic E-state index is 12.4. The fourth-order valence-electron chi connectivity index (χ4n) is 13.6. The van der Waals surface area contributed by atoms with Crippen LogP contribution in [0.15, 0.2) is 280 Å². The predicted octanol–water partition coefficient (Wildman–Crippen LogP) is 13.8. The molecule has 18 aromatic rings. The molecule has 0 fully saturated rings. The van der Waals surface area contributed by atoms with Crippen molar-refractivity contribution in [2.45, 2.75) is 40.0 Å². The van der Waals surface area contributed by atoms with Gasteiger partial charge in [0.25, 0.3) is 0 Å². The summed E-state index contributed by atoms with van der Waals surface area (Å²) in [5, 5.41) is 200. The van der Waals surface area contributed by atoms with Crippen LogP contribution in [0, 0.1) is 6.92 Å². The Morgan fingerprint density at radius 1 is 0.229 bits per heavy atom. The van der Waals surface area contributed by atoms with E-state index in [1.807, 2.05) is 0 Å². The van der Waals surface area contributed by atoms with Gasteiger partial charge >= 0.3 is 0 Å². The van der Waals surface area contributed by atoms with Gasteiger partial charge in [0.1, 0.15) is 181 Å². The number of aromatic hydroxyl groups is 16. The maximum Gasteiger partial charge on any atom is 0.201 e. The van der Waals surface area contributed by atoms with Crippen LogP contribution in [-0.4, -0.2) is 114 Å². The van der Waals surface area contributed by atoms with E-state index >= 15 is 0 Å². The second-order valence-electron chi connectivity index (χ2n) is 28.7. The predicted molar refractivity (Wildman–Crippen MR) is 475 cm³/mol. The number of methoxy groups -OCH3 is 1. The standard InChI is InChI=1S/C18H16O6.C17H14O6.C16H12O6.C16H12O5.C15H10O6.C15H10O5/c1-23-12-4-2-10(3-5-12)15-7-14(21)17-16(24-15)6-11(8-19)13(9-20)18(17)22;18-7-10-5-15-16(17(22)12(10)8-19)13(21)6-14(23-15)9-1-3-11(20)4-2-9;17-7-10-11(19)5-14-15(16(10)21)12(20)6-13(22-14)8-1-3-9(18)4-2-8;1-8-11(18)6-14-15(16(8)20)12(19)7-13(21-14)9-2-4-10(17)5-3-9;16-8-3-1-7(2-4-8)11-5-9(17)13-12(21-11)6-10(18)14(19)15(13)20;16-9-3-1-8(2-4-9)13-7-12(19)15-11(18)5-10(17)6-14(15)20-13/h2-7,19-20,22H,8-9H2,1H3;1-6,18-20,22H,7-8H2;1-6,17-19,21H,7H2;2-7,17-18,20H,1H3;1-6,16,18-20H;1-7,16-18H. The van der Waals surface area contributed by atoms with Crippen LogP contribution < -0.4 is 37.3 Å². The van der Waals surface area contributed by atoms with Crippen LogP contribution in [-0.2, 0) is 33.0 Å². The Labute approximate surface area is 732 Å². The van der Waals surface area contributed by atoms with Crippen LogP contribution in [0.4, 0.5) is 0 Å². The first-order valence-electron chi connectivity index (χ1n) is 38.6. The monoisotopic (exact) mass is 1780 g/mol. The topological polar surface area (TPSA) is 615 Å². The Morgan fingerprint density at radius 2 is 0.481 bits per heavy atom. The molecule has 666 valence electrons. The summed E-state index contributed by atoms with van der Waals surface area (Å²) in [4.78, 5) is 73.2. The van der Waals surface area contributed by atoms with Gasteiger partial charge in [-0.15, -0.1) is 0 Å². The average Bonchev–Trinajstić information content (AvgIpc) is 0.772. The lowest BCUT2D eigenvalue weighted by atomic mass is 10.0. The molecule has 0 amide bonds. The molecular weight excluding hydrogens is 1710 g/mol. The molecule has 0 unspecified atom stereocenters. The number of ether oxygens (including phenoxy) is 1. The Hall–Kier alpha value is -17.7. The Morgan fingerprint density at radius 3 is 0.779 bits per heavy atom. The molecule has 34 heteroatoms. The number of hydrogen-bond acceptors (Lipinski definition) is 34. The Kier molecular flexibility index (Phi) is 26.7. The highest BCUT2D eigenvalue weighted by Crippen LogP contribution is 2.43. The van der Waals surface area contributed by atoms with E-state index in [1.54, 1.807) is 92.0 Å². The van der Waals surface area contributed by atoms with Crippen LogP contribution in [0.3, 0.4) is 0 Å². The van der Waals surface area contributed by atoms with Crippen LogP contribution in [0.1, 0.15) is 33.4 Å². The number of aliphatic hydroxyl groups is 5. The van der Waals surface area contributed by atoms with Gasteiger partial charge in [-0.05, 0) is 176 Å². The summed E-state index contributed by atoms with van der Waals surface area (Å²) in [7, 11) is 1.56. The van der Waals surface area contributed by atoms with Gasteiger partial charge in [-0.2, -0.15) is 0 Å². The lowest BCUT2D eigenvalue weighted by Crippen LogP contribution is -2.04. The Bertz CT molecular complexity index is 7640. The van der Waals surface area contributed by atoms with E-state index < -0.39 is 88.6 Å². The van der Waals surface area contributed by atoms with Gasteiger partial charge in [-0.25, -0.2) is 0 Å². The molecule has 0 bridgehead atoms. The second kappa shape index (κ2) is 38.4. The SMILES string of the molecule is COc1ccc(-c2cc(=O)c3c(O)c(CO)c(CO)cc3o2)cc1.Cc1c(O)cc2oc(-c3ccc(O)cc3)cc(=O)c2c1O.O=c1cc(-c2ccc(O)cc2)oc2cc(CO)c(CO)c(O)c12.O=c1cc(-c2ccc(O)cc2)oc2cc(O)c(CO)c(O)c12.O=c1cc(-c2ccc(O)cc2)oc2cc(O)c(O)c(O)c12.O=c1cc(-c2ccc(O)cc2)oc2cc(O)cc(O)c12. The number of phenolic OH excluding ortho intramolecular Hbond substituents is 12. The molecule has 18 rings (SSSR count). The zero-order chi connectivity index (χ0) is 94.2.